The van der Waals surface area contributed by atoms with E-state index in [0.29, 0.717) is 0 Å². The number of aromatic nitrogens is 1. The highest BCUT2D eigenvalue weighted by atomic mass is 35.5. The van der Waals surface area contributed by atoms with Gasteiger partial charge < -0.3 is 0 Å². The van der Waals surface area contributed by atoms with Crippen LogP contribution in [0.1, 0.15) is 5.69 Å². The standard InChI is InChI=1S/C6H4Cl2N2O2/c1-3-5(10(11)12)2-4(7)6(8)9-3/h2H,1H3. The van der Waals surface area contributed by atoms with E-state index in [1.54, 1.807) is 0 Å². The van der Waals surface area contributed by atoms with Gasteiger partial charge in [-0.1, -0.05) is 23.2 Å². The van der Waals surface area contributed by atoms with Gasteiger partial charge in [0.25, 0.3) is 5.69 Å². The quantitative estimate of drug-likeness (QED) is 0.404. The summed E-state index contributed by atoms with van der Waals surface area (Å²) in [4.78, 5) is 13.5. The molecular formula is C6H4Cl2N2O2. The topological polar surface area (TPSA) is 56.0 Å². The molecule has 0 aromatic carbocycles. The molecule has 64 valence electrons. The van der Waals surface area contributed by atoms with Gasteiger partial charge in [0.05, 0.1) is 9.95 Å². The second-order valence-corrected chi connectivity index (χ2v) is 2.89. The van der Waals surface area contributed by atoms with E-state index < -0.39 is 4.92 Å². The molecule has 0 N–H and O–H groups in total. The van der Waals surface area contributed by atoms with Crippen molar-refractivity contribution in [2.45, 2.75) is 6.92 Å². The first-order valence-corrected chi connectivity index (χ1v) is 3.75. The molecule has 0 saturated heterocycles. The third-order valence-corrected chi connectivity index (χ3v) is 1.97. The predicted molar refractivity (Wildman–Crippen MR) is 45.6 cm³/mol. The summed E-state index contributed by atoms with van der Waals surface area (Å²) in [5.74, 6) is 0. The molecule has 0 amide bonds. The van der Waals surface area contributed by atoms with E-state index in [1.807, 2.05) is 0 Å². The van der Waals surface area contributed by atoms with E-state index in [0.717, 1.165) is 0 Å². The SMILES string of the molecule is Cc1nc(Cl)c(Cl)cc1[N+](=O)[O-]. The van der Waals surface area contributed by atoms with E-state index >= 15 is 0 Å². The van der Waals surface area contributed by atoms with Crippen molar-refractivity contribution < 1.29 is 4.92 Å². The molecule has 12 heavy (non-hydrogen) atoms. The zero-order chi connectivity index (χ0) is 9.30. The summed E-state index contributed by atoms with van der Waals surface area (Å²) >= 11 is 11.1. The van der Waals surface area contributed by atoms with Crippen molar-refractivity contribution in [1.82, 2.24) is 4.98 Å². The highest BCUT2D eigenvalue weighted by molar-refractivity contribution is 6.41. The fourth-order valence-corrected chi connectivity index (χ4v) is 1.05. The Morgan fingerprint density at radius 2 is 2.17 bits per heavy atom. The molecule has 0 fully saturated rings. The lowest BCUT2D eigenvalue weighted by Crippen LogP contribution is -1.94. The van der Waals surface area contributed by atoms with Crippen molar-refractivity contribution in [3.63, 3.8) is 0 Å². The normalized spacial score (nSPS) is 9.92. The molecule has 0 bridgehead atoms. The first-order valence-electron chi connectivity index (χ1n) is 2.99. The van der Waals surface area contributed by atoms with Gasteiger partial charge in [-0.3, -0.25) is 10.1 Å². The molecule has 1 aromatic rings. The molecule has 6 heteroatoms. The molecule has 0 atom stereocenters. The average molecular weight is 207 g/mol. The lowest BCUT2D eigenvalue weighted by atomic mass is 10.3. The number of hydrogen-bond acceptors (Lipinski definition) is 3. The molecular weight excluding hydrogens is 203 g/mol. The Morgan fingerprint density at radius 3 is 2.67 bits per heavy atom. The minimum absolute atomic E-state index is 0.0831. The Bertz CT molecular complexity index is 341. The van der Waals surface area contributed by atoms with Crippen molar-refractivity contribution in [2.75, 3.05) is 0 Å². The van der Waals surface area contributed by atoms with Crippen LogP contribution in [0.4, 0.5) is 5.69 Å². The van der Waals surface area contributed by atoms with E-state index in [1.165, 1.54) is 13.0 Å². The Balaban J connectivity index is 3.33. The van der Waals surface area contributed by atoms with Gasteiger partial charge in [-0.25, -0.2) is 4.98 Å². The number of pyridine rings is 1. The van der Waals surface area contributed by atoms with Crippen LogP contribution in [0.3, 0.4) is 0 Å². The number of nitro groups is 1. The summed E-state index contributed by atoms with van der Waals surface area (Å²) in [5, 5.41) is 10.5. The van der Waals surface area contributed by atoms with Gasteiger partial charge in [0.2, 0.25) is 0 Å². The molecule has 0 aliphatic carbocycles. The lowest BCUT2D eigenvalue weighted by Gasteiger charge is -1.97. The summed E-state index contributed by atoms with van der Waals surface area (Å²) in [5.41, 5.74) is 0.138. The average Bonchev–Trinajstić information content (AvgIpc) is 1.96. The van der Waals surface area contributed by atoms with Crippen LogP contribution in [-0.4, -0.2) is 9.91 Å². The van der Waals surface area contributed by atoms with E-state index in [9.17, 15) is 10.1 Å². The number of aryl methyl sites for hydroxylation is 1. The van der Waals surface area contributed by atoms with Crippen LogP contribution >= 0.6 is 23.2 Å². The Hall–Kier alpha value is -0.870. The minimum Gasteiger partial charge on any atom is -0.258 e. The van der Waals surface area contributed by atoms with E-state index in [4.69, 9.17) is 23.2 Å². The van der Waals surface area contributed by atoms with Gasteiger partial charge in [0.1, 0.15) is 10.8 Å². The van der Waals surface area contributed by atoms with Crippen LogP contribution < -0.4 is 0 Å². The molecule has 1 rings (SSSR count). The summed E-state index contributed by atoms with van der Waals surface area (Å²) < 4.78 is 0. The summed E-state index contributed by atoms with van der Waals surface area (Å²) in [6.07, 6.45) is 0. The lowest BCUT2D eigenvalue weighted by molar-refractivity contribution is -0.385. The monoisotopic (exact) mass is 206 g/mol. The van der Waals surface area contributed by atoms with Crippen molar-refractivity contribution >= 4 is 28.9 Å². The fraction of sp³-hybridized carbons (Fsp3) is 0.167. The molecule has 0 radical (unpaired) electrons. The van der Waals surface area contributed by atoms with Gasteiger partial charge in [-0.05, 0) is 6.92 Å². The first kappa shape index (κ1) is 9.22. The van der Waals surface area contributed by atoms with Crippen LogP contribution in [0.5, 0.6) is 0 Å². The summed E-state index contributed by atoms with van der Waals surface area (Å²) in [6.45, 7) is 1.50. The molecule has 1 heterocycles. The molecule has 0 unspecified atom stereocenters. The number of nitrogens with zero attached hydrogens (tertiary/aromatic N) is 2. The second-order valence-electron chi connectivity index (χ2n) is 2.12. The first-order chi connectivity index (χ1) is 5.52. The van der Waals surface area contributed by atoms with Crippen LogP contribution in [0.25, 0.3) is 0 Å². The second kappa shape index (κ2) is 3.25. The Labute approximate surface area is 78.3 Å². The third-order valence-electron chi connectivity index (χ3n) is 1.29. The molecule has 0 spiro atoms. The molecule has 0 saturated carbocycles. The zero-order valence-corrected chi connectivity index (χ0v) is 7.56. The summed E-state index contributed by atoms with van der Waals surface area (Å²) in [7, 11) is 0. The Kier molecular flexibility index (Phi) is 2.49. The highest BCUT2D eigenvalue weighted by Gasteiger charge is 2.14. The van der Waals surface area contributed by atoms with Crippen molar-refractivity contribution in [3.05, 3.63) is 32.1 Å². The number of halogens is 2. The van der Waals surface area contributed by atoms with Gasteiger partial charge >= 0.3 is 0 Å². The molecule has 0 aliphatic rings. The molecule has 4 nitrogen and oxygen atoms in total. The maximum absolute atomic E-state index is 10.3. The van der Waals surface area contributed by atoms with E-state index in [-0.39, 0.29) is 21.6 Å². The fourth-order valence-electron chi connectivity index (χ4n) is 0.727. The maximum atomic E-state index is 10.3. The maximum Gasteiger partial charge on any atom is 0.292 e. The number of rotatable bonds is 1. The van der Waals surface area contributed by atoms with Gasteiger partial charge in [-0.15, -0.1) is 0 Å². The highest BCUT2D eigenvalue weighted by Crippen LogP contribution is 2.26. The van der Waals surface area contributed by atoms with Gasteiger partial charge in [0, 0.05) is 6.07 Å². The van der Waals surface area contributed by atoms with Gasteiger partial charge in [-0.2, -0.15) is 0 Å². The Morgan fingerprint density at radius 1 is 1.58 bits per heavy atom. The van der Waals surface area contributed by atoms with Crippen LogP contribution in [0, 0.1) is 17.0 Å². The van der Waals surface area contributed by atoms with Gasteiger partial charge in [0.15, 0.2) is 0 Å². The van der Waals surface area contributed by atoms with Crippen molar-refractivity contribution in [3.8, 4) is 0 Å². The van der Waals surface area contributed by atoms with E-state index in [2.05, 4.69) is 4.98 Å². The largest absolute Gasteiger partial charge is 0.292 e. The summed E-state index contributed by atoms with van der Waals surface area (Å²) in [6, 6.07) is 1.19. The third kappa shape index (κ3) is 1.65. The predicted octanol–water partition coefficient (Wildman–Crippen LogP) is 2.61. The van der Waals surface area contributed by atoms with Crippen molar-refractivity contribution in [1.29, 1.82) is 0 Å². The minimum atomic E-state index is -0.551. The smallest absolute Gasteiger partial charge is 0.258 e. The van der Waals surface area contributed by atoms with Crippen molar-refractivity contribution in [2.24, 2.45) is 0 Å². The van der Waals surface area contributed by atoms with Crippen LogP contribution in [0.2, 0.25) is 10.2 Å². The zero-order valence-electron chi connectivity index (χ0n) is 6.04. The number of hydrogen-bond donors (Lipinski definition) is 0. The molecule has 0 aliphatic heterocycles. The molecule has 1 aromatic heterocycles. The van der Waals surface area contributed by atoms with Crippen LogP contribution in [-0.2, 0) is 0 Å². The van der Waals surface area contributed by atoms with Crippen LogP contribution in [0.15, 0.2) is 6.07 Å².